The molecule has 2 fully saturated rings. The molecule has 2 saturated heterocycles. The van der Waals surface area contributed by atoms with Crippen molar-refractivity contribution in [1.29, 1.82) is 0 Å². The minimum absolute atomic E-state index is 0.0460. The highest BCUT2D eigenvalue weighted by molar-refractivity contribution is 7.80. The number of rotatable bonds is 5. The van der Waals surface area contributed by atoms with Crippen LogP contribution >= 0.6 is 12.2 Å². The summed E-state index contributed by atoms with van der Waals surface area (Å²) in [6.45, 7) is 10.0. The van der Waals surface area contributed by atoms with E-state index in [0.29, 0.717) is 5.11 Å². The maximum atomic E-state index is 6.01. The molecule has 2 aliphatic heterocycles. The Labute approximate surface area is 229 Å². The number of aromatic nitrogens is 2. The predicted molar refractivity (Wildman–Crippen MR) is 157 cm³/mol. The van der Waals surface area contributed by atoms with Crippen molar-refractivity contribution in [3.63, 3.8) is 0 Å². The van der Waals surface area contributed by atoms with Gasteiger partial charge < -0.3 is 24.4 Å². The number of benzene rings is 2. The summed E-state index contributed by atoms with van der Waals surface area (Å²) in [7, 11) is 0. The second-order valence-corrected chi connectivity index (χ2v) is 10.4. The first-order valence-electron chi connectivity index (χ1n) is 13.2. The normalized spacial score (nSPS) is 19.6. The lowest BCUT2D eigenvalue weighted by Crippen LogP contribution is -2.36. The van der Waals surface area contributed by atoms with Gasteiger partial charge in [0.2, 0.25) is 0 Å². The number of hydrogen-bond acceptors (Lipinski definition) is 4. The van der Waals surface area contributed by atoms with E-state index in [2.05, 4.69) is 101 Å². The lowest BCUT2D eigenvalue weighted by atomic mass is 9.93. The third-order valence-electron chi connectivity index (χ3n) is 7.92. The molecule has 38 heavy (non-hydrogen) atoms. The lowest BCUT2D eigenvalue weighted by molar-refractivity contribution is 0.122. The van der Waals surface area contributed by atoms with Crippen LogP contribution in [-0.4, -0.2) is 41.0 Å². The van der Waals surface area contributed by atoms with Gasteiger partial charge in [0.05, 0.1) is 31.0 Å². The Balaban J connectivity index is 1.46. The highest BCUT2D eigenvalue weighted by atomic mass is 32.1. The van der Waals surface area contributed by atoms with Crippen molar-refractivity contribution in [1.82, 2.24) is 14.9 Å². The Morgan fingerprint density at radius 1 is 0.816 bits per heavy atom. The molecular weight excluding hydrogens is 490 g/mol. The van der Waals surface area contributed by atoms with E-state index < -0.39 is 0 Å². The van der Waals surface area contributed by atoms with E-state index in [-0.39, 0.29) is 12.1 Å². The molecule has 4 aromatic rings. The van der Waals surface area contributed by atoms with E-state index >= 15 is 0 Å². The summed E-state index contributed by atoms with van der Waals surface area (Å²) in [5.41, 5.74) is 9.46. The number of pyridine rings is 1. The van der Waals surface area contributed by atoms with E-state index in [4.69, 9.17) is 21.9 Å². The summed E-state index contributed by atoms with van der Waals surface area (Å²) in [5, 5.41) is 4.34. The largest absolute Gasteiger partial charge is 0.378 e. The summed E-state index contributed by atoms with van der Waals surface area (Å²) in [6, 6.07) is 25.3. The van der Waals surface area contributed by atoms with Crippen molar-refractivity contribution < 1.29 is 4.74 Å². The van der Waals surface area contributed by atoms with Crippen molar-refractivity contribution >= 4 is 28.7 Å². The fourth-order valence-corrected chi connectivity index (χ4v) is 6.32. The van der Waals surface area contributed by atoms with E-state index in [9.17, 15) is 0 Å². The zero-order valence-electron chi connectivity index (χ0n) is 22.1. The summed E-state index contributed by atoms with van der Waals surface area (Å²) in [6.07, 6.45) is 1.86. The Hall–Kier alpha value is -3.68. The van der Waals surface area contributed by atoms with Crippen LogP contribution in [0.1, 0.15) is 40.3 Å². The quantitative estimate of drug-likeness (QED) is 0.333. The zero-order chi connectivity index (χ0) is 26.2. The molecule has 2 aromatic carbocycles. The van der Waals surface area contributed by atoms with Gasteiger partial charge in [-0.3, -0.25) is 4.98 Å². The van der Waals surface area contributed by atoms with Gasteiger partial charge in [-0.15, -0.1) is 0 Å². The average molecular weight is 524 g/mol. The first-order chi connectivity index (χ1) is 18.5. The fourth-order valence-electron chi connectivity index (χ4n) is 5.98. The van der Waals surface area contributed by atoms with Crippen LogP contribution in [-0.2, 0) is 4.74 Å². The van der Waals surface area contributed by atoms with Crippen LogP contribution in [0.25, 0.3) is 5.69 Å². The van der Waals surface area contributed by atoms with Crippen molar-refractivity contribution in [2.45, 2.75) is 32.9 Å². The van der Waals surface area contributed by atoms with Gasteiger partial charge in [0.25, 0.3) is 0 Å². The maximum absolute atomic E-state index is 6.01. The van der Waals surface area contributed by atoms with E-state index in [0.717, 1.165) is 37.7 Å². The van der Waals surface area contributed by atoms with Crippen LogP contribution in [0, 0.1) is 20.8 Å². The number of thiocarbonyl (C=S) groups is 1. The zero-order valence-corrected chi connectivity index (χ0v) is 22.9. The van der Waals surface area contributed by atoms with Crippen LogP contribution in [0.5, 0.6) is 0 Å². The molecule has 6 nitrogen and oxygen atoms in total. The molecule has 4 heterocycles. The second-order valence-electron chi connectivity index (χ2n) is 9.99. The van der Waals surface area contributed by atoms with Crippen molar-refractivity contribution in [3.05, 3.63) is 107 Å². The van der Waals surface area contributed by atoms with Crippen LogP contribution in [0.3, 0.4) is 0 Å². The SMILES string of the molecule is Cc1c([C@@H]2[C@H](c3ccccn3)NC(=S)N2c2ccc(N3CCOCC3)cc2)c(C)n(-c2ccccc2)c1C. The highest BCUT2D eigenvalue weighted by Gasteiger charge is 2.43. The van der Waals surface area contributed by atoms with Crippen LogP contribution in [0.2, 0.25) is 0 Å². The summed E-state index contributed by atoms with van der Waals surface area (Å²) in [4.78, 5) is 9.40. The minimum atomic E-state index is -0.0777. The fraction of sp³-hybridized carbons (Fsp3) is 0.290. The molecule has 6 rings (SSSR count). The van der Waals surface area contributed by atoms with Gasteiger partial charge in [-0.2, -0.15) is 0 Å². The first-order valence-corrected chi connectivity index (χ1v) is 13.6. The Morgan fingerprint density at radius 3 is 2.18 bits per heavy atom. The van der Waals surface area contributed by atoms with Crippen LogP contribution in [0.4, 0.5) is 11.4 Å². The summed E-state index contributed by atoms with van der Waals surface area (Å²) in [5.74, 6) is 0. The minimum Gasteiger partial charge on any atom is -0.378 e. The van der Waals surface area contributed by atoms with Crippen molar-refractivity contribution in [2.75, 3.05) is 36.1 Å². The summed E-state index contributed by atoms with van der Waals surface area (Å²) >= 11 is 6.01. The van der Waals surface area contributed by atoms with E-state index in [1.807, 2.05) is 18.3 Å². The molecule has 0 amide bonds. The molecular formula is C31H33N5OS. The standard InChI is InChI=1S/C31H33N5OS/c1-21-22(2)35(25-9-5-4-6-10-25)23(3)28(21)30-29(27-11-7-8-16-32-27)33-31(38)36(30)26-14-12-24(13-15-26)34-17-19-37-20-18-34/h4-16,29-30H,17-20H2,1-3H3,(H,33,38)/t29-,30+/m0/s1. The highest BCUT2D eigenvalue weighted by Crippen LogP contribution is 2.45. The number of ether oxygens (including phenoxy) is 1. The maximum Gasteiger partial charge on any atom is 0.174 e. The van der Waals surface area contributed by atoms with E-state index in [1.165, 1.54) is 33.9 Å². The number of para-hydroxylation sites is 1. The molecule has 0 aliphatic carbocycles. The third kappa shape index (κ3) is 4.25. The van der Waals surface area contributed by atoms with Gasteiger partial charge in [0.1, 0.15) is 0 Å². The number of anilines is 2. The first kappa shape index (κ1) is 24.6. The molecule has 2 atom stereocenters. The van der Waals surface area contributed by atoms with Crippen LogP contribution in [0.15, 0.2) is 79.0 Å². The predicted octanol–water partition coefficient (Wildman–Crippen LogP) is 5.81. The van der Waals surface area contributed by atoms with Crippen LogP contribution < -0.4 is 15.1 Å². The average Bonchev–Trinajstić information content (AvgIpc) is 3.41. The Morgan fingerprint density at radius 2 is 1.50 bits per heavy atom. The van der Waals surface area contributed by atoms with Gasteiger partial charge in [0, 0.05) is 53.3 Å². The molecule has 2 aliphatic rings. The number of hydrogen-bond donors (Lipinski definition) is 1. The van der Waals surface area contributed by atoms with Gasteiger partial charge in [-0.25, -0.2) is 0 Å². The topological polar surface area (TPSA) is 45.6 Å². The molecule has 7 heteroatoms. The molecule has 0 bridgehead atoms. The summed E-state index contributed by atoms with van der Waals surface area (Å²) < 4.78 is 7.90. The molecule has 0 radical (unpaired) electrons. The van der Waals surface area contributed by atoms with E-state index in [1.54, 1.807) is 0 Å². The van der Waals surface area contributed by atoms with Gasteiger partial charge >= 0.3 is 0 Å². The smallest absolute Gasteiger partial charge is 0.174 e. The monoisotopic (exact) mass is 523 g/mol. The molecule has 0 unspecified atom stereocenters. The van der Waals surface area contributed by atoms with Gasteiger partial charge in [0.15, 0.2) is 5.11 Å². The Kier molecular flexibility index (Phi) is 6.64. The van der Waals surface area contributed by atoms with Gasteiger partial charge in [-0.05, 0) is 87.1 Å². The molecule has 0 spiro atoms. The van der Waals surface area contributed by atoms with Gasteiger partial charge in [-0.1, -0.05) is 24.3 Å². The number of nitrogens with zero attached hydrogens (tertiary/aromatic N) is 4. The Bertz CT molecular complexity index is 1430. The molecule has 0 saturated carbocycles. The van der Waals surface area contributed by atoms with Crippen molar-refractivity contribution in [3.8, 4) is 5.69 Å². The lowest BCUT2D eigenvalue weighted by Gasteiger charge is -2.31. The number of nitrogens with one attached hydrogen (secondary N) is 1. The molecule has 2 aromatic heterocycles. The molecule has 1 N–H and O–H groups in total. The number of morpholine rings is 1. The third-order valence-corrected chi connectivity index (χ3v) is 8.23. The van der Waals surface area contributed by atoms with Crippen molar-refractivity contribution in [2.24, 2.45) is 0 Å². The second kappa shape index (κ2) is 10.2. The molecule has 194 valence electrons.